The average molecular weight is 333 g/mol. The summed E-state index contributed by atoms with van der Waals surface area (Å²) in [5.74, 6) is 1.16. The number of nitrogens with one attached hydrogen (secondary N) is 1. The van der Waals surface area contributed by atoms with Crippen LogP contribution >= 0.6 is 24.8 Å². The van der Waals surface area contributed by atoms with Gasteiger partial charge in [-0.15, -0.1) is 24.8 Å². The van der Waals surface area contributed by atoms with Gasteiger partial charge in [-0.2, -0.15) is 0 Å². The Morgan fingerprint density at radius 1 is 1.10 bits per heavy atom. The number of aromatic hydroxyl groups is 1. The number of benzene rings is 1. The van der Waals surface area contributed by atoms with E-state index < -0.39 is 0 Å². The van der Waals surface area contributed by atoms with Crippen molar-refractivity contribution in [3.8, 4) is 5.75 Å². The topological polar surface area (TPSA) is 35.5 Å². The summed E-state index contributed by atoms with van der Waals surface area (Å²) in [6, 6.07) is 8.40. The van der Waals surface area contributed by atoms with Gasteiger partial charge in [0.15, 0.2) is 0 Å². The van der Waals surface area contributed by atoms with Crippen LogP contribution in [0.4, 0.5) is 0 Å². The maximum absolute atomic E-state index is 9.77. The van der Waals surface area contributed by atoms with Gasteiger partial charge < -0.3 is 10.4 Å². The van der Waals surface area contributed by atoms with Crippen molar-refractivity contribution < 1.29 is 5.11 Å². The summed E-state index contributed by atoms with van der Waals surface area (Å²) in [5, 5.41) is 13.2. The molecule has 0 radical (unpaired) electrons. The zero-order valence-corrected chi connectivity index (χ0v) is 14.0. The summed E-state index contributed by atoms with van der Waals surface area (Å²) in [6.45, 7) is 4.41. The van der Waals surface area contributed by atoms with Crippen LogP contribution < -0.4 is 5.32 Å². The van der Waals surface area contributed by atoms with E-state index >= 15 is 0 Å². The summed E-state index contributed by atoms with van der Waals surface area (Å²) in [6.07, 6.45) is 5.41. The van der Waals surface area contributed by atoms with Crippen molar-refractivity contribution in [3.63, 3.8) is 0 Å². The largest absolute Gasteiger partial charge is 0.508 e. The minimum Gasteiger partial charge on any atom is -0.508 e. The van der Waals surface area contributed by atoms with Gasteiger partial charge in [-0.1, -0.05) is 25.0 Å². The predicted octanol–water partition coefficient (Wildman–Crippen LogP) is 3.37. The summed E-state index contributed by atoms with van der Waals surface area (Å²) in [7, 11) is 0. The Labute approximate surface area is 139 Å². The fraction of sp³-hybridized carbons (Fsp3) is 0.625. The van der Waals surface area contributed by atoms with Gasteiger partial charge in [0.05, 0.1) is 0 Å². The molecule has 3 rings (SSSR count). The van der Waals surface area contributed by atoms with E-state index in [-0.39, 0.29) is 24.8 Å². The smallest absolute Gasteiger partial charge is 0.115 e. The molecule has 1 aromatic rings. The highest BCUT2D eigenvalue weighted by Crippen LogP contribution is 2.40. The van der Waals surface area contributed by atoms with Crippen LogP contribution in [0, 0.1) is 5.92 Å². The van der Waals surface area contributed by atoms with Gasteiger partial charge in [0.25, 0.3) is 0 Å². The third-order valence-corrected chi connectivity index (χ3v) is 4.60. The molecule has 5 heteroatoms. The number of hydrogen-bond acceptors (Lipinski definition) is 3. The van der Waals surface area contributed by atoms with Gasteiger partial charge in [0.2, 0.25) is 0 Å². The average Bonchev–Trinajstić information content (AvgIpc) is 2.94. The maximum atomic E-state index is 9.77. The van der Waals surface area contributed by atoms with E-state index in [1.165, 1.54) is 31.2 Å². The van der Waals surface area contributed by atoms with Crippen molar-refractivity contribution in [2.75, 3.05) is 26.2 Å². The van der Waals surface area contributed by atoms with Crippen LogP contribution in [0.3, 0.4) is 0 Å². The molecule has 1 aromatic carbocycles. The van der Waals surface area contributed by atoms with Gasteiger partial charge in [-0.25, -0.2) is 0 Å². The number of phenolic OH excluding ortho intramolecular Hbond substituents is 1. The van der Waals surface area contributed by atoms with E-state index in [1.54, 1.807) is 6.07 Å². The zero-order chi connectivity index (χ0) is 13.1. The molecule has 120 valence electrons. The molecule has 2 N–H and O–H groups in total. The van der Waals surface area contributed by atoms with Crippen molar-refractivity contribution >= 4 is 24.8 Å². The Bertz CT molecular complexity index is 418. The quantitative estimate of drug-likeness (QED) is 0.890. The number of nitrogens with zero attached hydrogens (tertiary/aromatic N) is 1. The van der Waals surface area contributed by atoms with Gasteiger partial charge in [-0.3, -0.25) is 4.90 Å². The van der Waals surface area contributed by atoms with Crippen LogP contribution in [0.2, 0.25) is 0 Å². The first-order chi connectivity index (χ1) is 9.34. The van der Waals surface area contributed by atoms with E-state index in [0.29, 0.717) is 11.8 Å². The standard InChI is InChI=1S/C16H24N2O.2ClH/c19-15-7-3-6-14(12-15)16(13-4-1-2-5-13)18-10-8-17-9-11-18;;/h3,6-7,12-13,16-17,19H,1-2,4-5,8-11H2;2*1H/t16-;;/m0../s1. The van der Waals surface area contributed by atoms with Crippen molar-refractivity contribution in [3.05, 3.63) is 29.8 Å². The molecule has 1 saturated carbocycles. The second kappa shape index (κ2) is 8.84. The van der Waals surface area contributed by atoms with Crippen LogP contribution in [0.1, 0.15) is 37.3 Å². The van der Waals surface area contributed by atoms with E-state index in [2.05, 4.69) is 16.3 Å². The lowest BCUT2D eigenvalue weighted by Crippen LogP contribution is -2.46. The fourth-order valence-electron chi connectivity index (χ4n) is 3.72. The van der Waals surface area contributed by atoms with Crippen LogP contribution in [0.15, 0.2) is 24.3 Å². The van der Waals surface area contributed by atoms with Crippen LogP contribution in [-0.2, 0) is 0 Å². The van der Waals surface area contributed by atoms with Crippen LogP contribution in [0.25, 0.3) is 0 Å². The summed E-state index contributed by atoms with van der Waals surface area (Å²) in [4.78, 5) is 2.61. The van der Waals surface area contributed by atoms with E-state index in [9.17, 15) is 5.11 Å². The molecule has 0 spiro atoms. The second-order valence-electron chi connectivity index (χ2n) is 5.87. The van der Waals surface area contributed by atoms with E-state index in [4.69, 9.17) is 0 Å². The molecule has 21 heavy (non-hydrogen) atoms. The SMILES string of the molecule is Cl.Cl.Oc1cccc([C@H](C2CCCC2)N2CCNCC2)c1. The third kappa shape index (κ3) is 4.49. The molecule has 2 fully saturated rings. The Kier molecular flexibility index (Phi) is 7.82. The van der Waals surface area contributed by atoms with Crippen molar-refractivity contribution in [2.45, 2.75) is 31.7 Å². The number of halogens is 2. The second-order valence-corrected chi connectivity index (χ2v) is 5.87. The lowest BCUT2D eigenvalue weighted by atomic mass is 9.89. The van der Waals surface area contributed by atoms with E-state index in [1.807, 2.05) is 12.1 Å². The highest BCUT2D eigenvalue weighted by molar-refractivity contribution is 5.85. The van der Waals surface area contributed by atoms with Crippen LogP contribution in [0.5, 0.6) is 5.75 Å². The highest BCUT2D eigenvalue weighted by Gasteiger charge is 2.31. The Balaban J connectivity index is 0.00000110. The molecule has 0 amide bonds. The molecule has 1 heterocycles. The minimum absolute atomic E-state index is 0. The molecule has 1 aliphatic carbocycles. The maximum Gasteiger partial charge on any atom is 0.115 e. The molecule has 0 unspecified atom stereocenters. The normalized spacial score (nSPS) is 21.3. The molecule has 2 aliphatic rings. The molecule has 1 atom stereocenters. The molecular formula is C16H26Cl2N2O. The summed E-state index contributed by atoms with van der Waals surface area (Å²) in [5.41, 5.74) is 1.30. The number of phenols is 1. The van der Waals surface area contributed by atoms with Crippen molar-refractivity contribution in [2.24, 2.45) is 5.92 Å². The molecular weight excluding hydrogens is 307 g/mol. The molecule has 1 aliphatic heterocycles. The fourth-order valence-corrected chi connectivity index (χ4v) is 3.72. The first kappa shape index (κ1) is 18.6. The van der Waals surface area contributed by atoms with Gasteiger partial charge >= 0.3 is 0 Å². The van der Waals surface area contributed by atoms with Crippen molar-refractivity contribution in [1.29, 1.82) is 0 Å². The van der Waals surface area contributed by atoms with Gasteiger partial charge in [0, 0.05) is 32.2 Å². The number of rotatable bonds is 3. The summed E-state index contributed by atoms with van der Waals surface area (Å²) >= 11 is 0. The zero-order valence-electron chi connectivity index (χ0n) is 12.3. The van der Waals surface area contributed by atoms with Gasteiger partial charge in [-0.05, 0) is 36.5 Å². The van der Waals surface area contributed by atoms with Crippen LogP contribution in [-0.4, -0.2) is 36.2 Å². The first-order valence-electron chi connectivity index (χ1n) is 7.58. The molecule has 3 nitrogen and oxygen atoms in total. The predicted molar refractivity (Wildman–Crippen MR) is 91.7 cm³/mol. The molecule has 0 aromatic heterocycles. The molecule has 0 bridgehead atoms. The molecule has 1 saturated heterocycles. The lowest BCUT2D eigenvalue weighted by Gasteiger charge is -2.38. The summed E-state index contributed by atoms with van der Waals surface area (Å²) < 4.78 is 0. The first-order valence-corrected chi connectivity index (χ1v) is 7.58. The number of piperazine rings is 1. The van der Waals surface area contributed by atoms with Gasteiger partial charge in [0.1, 0.15) is 5.75 Å². The monoisotopic (exact) mass is 332 g/mol. The minimum atomic E-state index is 0. The van der Waals surface area contributed by atoms with Crippen molar-refractivity contribution in [1.82, 2.24) is 10.2 Å². The Morgan fingerprint density at radius 3 is 2.38 bits per heavy atom. The number of hydrogen-bond donors (Lipinski definition) is 2. The lowest BCUT2D eigenvalue weighted by molar-refractivity contribution is 0.125. The van der Waals surface area contributed by atoms with E-state index in [0.717, 1.165) is 32.1 Å². The third-order valence-electron chi connectivity index (χ3n) is 4.60. The highest BCUT2D eigenvalue weighted by atomic mass is 35.5. The Hall–Kier alpha value is -0.480. The Morgan fingerprint density at radius 2 is 1.76 bits per heavy atom.